The molecule has 1 N–H and O–H groups in total. The van der Waals surface area contributed by atoms with Crippen LogP contribution in [0.25, 0.3) is 0 Å². The minimum atomic E-state index is -3.26. The van der Waals surface area contributed by atoms with Gasteiger partial charge in [-0.2, -0.15) is 0 Å². The molecule has 0 radical (unpaired) electrons. The molecular weight excluding hydrogens is 310 g/mol. The van der Waals surface area contributed by atoms with Gasteiger partial charge in [0.05, 0.1) is 10.1 Å². The highest BCUT2D eigenvalue weighted by atomic mass is 32.2. The summed E-state index contributed by atoms with van der Waals surface area (Å²) in [6, 6.07) is 14.0. The summed E-state index contributed by atoms with van der Waals surface area (Å²) in [5, 5.41) is 2.39. The van der Waals surface area contributed by atoms with Crippen LogP contribution in [0.15, 0.2) is 53.4 Å². The van der Waals surface area contributed by atoms with Crippen molar-refractivity contribution >= 4 is 15.7 Å². The largest absolute Gasteiger partial charge is 0.348 e. The van der Waals surface area contributed by atoms with E-state index in [-0.39, 0.29) is 5.91 Å². The number of sulfone groups is 1. The first-order chi connectivity index (χ1) is 10.8. The molecule has 0 fully saturated rings. The van der Waals surface area contributed by atoms with E-state index in [4.69, 9.17) is 0 Å². The Morgan fingerprint density at radius 1 is 1.09 bits per heavy atom. The maximum Gasteiger partial charge on any atom is 0.251 e. The Morgan fingerprint density at radius 3 is 2.30 bits per heavy atom. The molecule has 0 bridgehead atoms. The van der Waals surface area contributed by atoms with Crippen molar-refractivity contribution in [2.24, 2.45) is 0 Å². The molecule has 0 heterocycles. The Balaban J connectivity index is 2.03. The lowest BCUT2D eigenvalue weighted by Crippen LogP contribution is -2.22. The summed E-state index contributed by atoms with van der Waals surface area (Å²) >= 11 is 0. The summed E-state index contributed by atoms with van der Waals surface area (Å²) in [4.78, 5) is 12.4. The standard InChI is InChI=1S/C18H21NO3S/c1-13(2)23(21,22)17-9-7-15(8-10-17)12-19-18(20)16-6-4-5-14(3)11-16/h4-11,13H,12H2,1-3H3,(H,19,20). The molecule has 0 saturated heterocycles. The number of hydrogen-bond acceptors (Lipinski definition) is 3. The molecule has 0 atom stereocenters. The molecule has 122 valence electrons. The molecule has 5 heteroatoms. The zero-order chi connectivity index (χ0) is 17.0. The number of benzene rings is 2. The molecule has 2 aromatic rings. The fraction of sp³-hybridized carbons (Fsp3) is 0.278. The molecule has 0 unspecified atom stereocenters. The summed E-state index contributed by atoms with van der Waals surface area (Å²) < 4.78 is 24.1. The molecule has 0 saturated carbocycles. The second kappa shape index (κ2) is 6.96. The van der Waals surface area contributed by atoms with E-state index in [1.165, 1.54) is 0 Å². The molecule has 4 nitrogen and oxygen atoms in total. The van der Waals surface area contributed by atoms with Crippen molar-refractivity contribution in [3.8, 4) is 0 Å². The smallest absolute Gasteiger partial charge is 0.251 e. The van der Waals surface area contributed by atoms with Gasteiger partial charge in [0.2, 0.25) is 0 Å². The van der Waals surface area contributed by atoms with Gasteiger partial charge < -0.3 is 5.32 Å². The van der Waals surface area contributed by atoms with Crippen LogP contribution in [0, 0.1) is 6.92 Å². The lowest BCUT2D eigenvalue weighted by molar-refractivity contribution is 0.0951. The third kappa shape index (κ3) is 4.20. The van der Waals surface area contributed by atoms with Crippen LogP contribution in [-0.4, -0.2) is 19.6 Å². The fourth-order valence-electron chi connectivity index (χ4n) is 2.14. The molecule has 23 heavy (non-hydrogen) atoms. The highest BCUT2D eigenvalue weighted by Gasteiger charge is 2.18. The first-order valence-electron chi connectivity index (χ1n) is 7.48. The number of rotatable bonds is 5. The average molecular weight is 331 g/mol. The summed E-state index contributed by atoms with van der Waals surface area (Å²) in [5.74, 6) is -0.146. The fourth-order valence-corrected chi connectivity index (χ4v) is 3.20. The maximum atomic E-state index is 12.1. The Labute approximate surface area is 137 Å². The summed E-state index contributed by atoms with van der Waals surface area (Å²) in [5.41, 5.74) is 2.50. The van der Waals surface area contributed by atoms with Crippen LogP contribution in [0.1, 0.15) is 35.3 Å². The van der Waals surface area contributed by atoms with E-state index in [2.05, 4.69) is 5.32 Å². The molecule has 0 aliphatic carbocycles. The number of carbonyl (C=O) groups is 1. The van der Waals surface area contributed by atoms with Crippen molar-refractivity contribution in [2.75, 3.05) is 0 Å². The Hall–Kier alpha value is -2.14. The van der Waals surface area contributed by atoms with E-state index in [0.717, 1.165) is 11.1 Å². The quantitative estimate of drug-likeness (QED) is 0.915. The van der Waals surface area contributed by atoms with Gasteiger partial charge in [0, 0.05) is 12.1 Å². The van der Waals surface area contributed by atoms with Crippen molar-refractivity contribution < 1.29 is 13.2 Å². The van der Waals surface area contributed by atoms with Gasteiger partial charge in [-0.3, -0.25) is 4.79 Å². The Morgan fingerprint density at radius 2 is 1.74 bits per heavy atom. The molecule has 0 spiro atoms. The van der Waals surface area contributed by atoms with E-state index in [1.807, 2.05) is 25.1 Å². The maximum absolute atomic E-state index is 12.1. The molecule has 0 aromatic heterocycles. The highest BCUT2D eigenvalue weighted by molar-refractivity contribution is 7.92. The second-order valence-corrected chi connectivity index (χ2v) is 8.29. The van der Waals surface area contributed by atoms with E-state index in [0.29, 0.717) is 17.0 Å². The second-order valence-electron chi connectivity index (χ2n) is 5.79. The van der Waals surface area contributed by atoms with Gasteiger partial charge in [0.15, 0.2) is 9.84 Å². The van der Waals surface area contributed by atoms with E-state index in [9.17, 15) is 13.2 Å². The lowest BCUT2D eigenvalue weighted by Gasteiger charge is -2.09. The molecule has 1 amide bonds. The predicted octanol–water partition coefficient (Wildman–Crippen LogP) is 3.11. The van der Waals surface area contributed by atoms with Crippen molar-refractivity contribution in [3.05, 3.63) is 65.2 Å². The van der Waals surface area contributed by atoms with Crippen molar-refractivity contribution in [1.82, 2.24) is 5.32 Å². The van der Waals surface area contributed by atoms with Crippen LogP contribution < -0.4 is 5.32 Å². The monoisotopic (exact) mass is 331 g/mol. The van der Waals surface area contributed by atoms with Crippen LogP contribution in [0.3, 0.4) is 0 Å². The molecule has 2 aromatic carbocycles. The van der Waals surface area contributed by atoms with Crippen molar-refractivity contribution in [1.29, 1.82) is 0 Å². The minimum absolute atomic E-state index is 0.146. The lowest BCUT2D eigenvalue weighted by atomic mass is 10.1. The minimum Gasteiger partial charge on any atom is -0.348 e. The third-order valence-electron chi connectivity index (χ3n) is 3.61. The van der Waals surface area contributed by atoms with Crippen LogP contribution in [0.2, 0.25) is 0 Å². The van der Waals surface area contributed by atoms with Crippen LogP contribution in [-0.2, 0) is 16.4 Å². The topological polar surface area (TPSA) is 63.2 Å². The average Bonchev–Trinajstić information content (AvgIpc) is 2.52. The number of carbonyl (C=O) groups excluding carboxylic acids is 1. The van der Waals surface area contributed by atoms with E-state index >= 15 is 0 Å². The first kappa shape index (κ1) is 17.2. The Bertz CT molecular complexity index is 793. The van der Waals surface area contributed by atoms with Gasteiger partial charge in [-0.25, -0.2) is 8.42 Å². The van der Waals surface area contributed by atoms with Gasteiger partial charge in [0.25, 0.3) is 5.91 Å². The summed E-state index contributed by atoms with van der Waals surface area (Å²) in [6.07, 6.45) is 0. The summed E-state index contributed by atoms with van der Waals surface area (Å²) in [7, 11) is -3.26. The zero-order valence-electron chi connectivity index (χ0n) is 13.5. The van der Waals surface area contributed by atoms with Crippen LogP contribution in [0.5, 0.6) is 0 Å². The number of hydrogen-bond donors (Lipinski definition) is 1. The van der Waals surface area contributed by atoms with Crippen LogP contribution in [0.4, 0.5) is 0 Å². The molecule has 2 rings (SSSR count). The zero-order valence-corrected chi connectivity index (χ0v) is 14.4. The number of nitrogens with one attached hydrogen (secondary N) is 1. The third-order valence-corrected chi connectivity index (χ3v) is 5.78. The number of aryl methyl sites for hydroxylation is 1. The molecule has 0 aliphatic rings. The molecule has 0 aliphatic heterocycles. The van der Waals surface area contributed by atoms with Crippen LogP contribution >= 0.6 is 0 Å². The number of amides is 1. The van der Waals surface area contributed by atoms with Gasteiger partial charge >= 0.3 is 0 Å². The van der Waals surface area contributed by atoms with Crippen molar-refractivity contribution in [2.45, 2.75) is 37.5 Å². The summed E-state index contributed by atoms with van der Waals surface area (Å²) in [6.45, 7) is 5.61. The SMILES string of the molecule is Cc1cccc(C(=O)NCc2ccc(S(=O)(=O)C(C)C)cc2)c1. The van der Waals surface area contributed by atoms with Gasteiger partial charge in [-0.15, -0.1) is 0 Å². The first-order valence-corrected chi connectivity index (χ1v) is 9.03. The van der Waals surface area contributed by atoms with E-state index in [1.54, 1.807) is 44.2 Å². The van der Waals surface area contributed by atoms with Crippen molar-refractivity contribution in [3.63, 3.8) is 0 Å². The molecular formula is C18H21NO3S. The van der Waals surface area contributed by atoms with Gasteiger partial charge in [0.1, 0.15) is 0 Å². The van der Waals surface area contributed by atoms with E-state index < -0.39 is 15.1 Å². The Kier molecular flexibility index (Phi) is 5.21. The van der Waals surface area contributed by atoms with Gasteiger partial charge in [-0.05, 0) is 50.6 Å². The highest BCUT2D eigenvalue weighted by Crippen LogP contribution is 2.16. The normalized spacial score (nSPS) is 11.5. The predicted molar refractivity (Wildman–Crippen MR) is 91.1 cm³/mol. The van der Waals surface area contributed by atoms with Gasteiger partial charge in [-0.1, -0.05) is 29.8 Å².